The predicted molar refractivity (Wildman–Crippen MR) is 104 cm³/mol. The summed E-state index contributed by atoms with van der Waals surface area (Å²) in [4.78, 5) is 24.9. The molecular formula is C20H16F4N6O. The number of nitrogen functional groups attached to an aromatic ring is 1. The van der Waals surface area contributed by atoms with E-state index >= 15 is 0 Å². The number of hydrogen-bond acceptors (Lipinski definition) is 5. The summed E-state index contributed by atoms with van der Waals surface area (Å²) in [7, 11) is 0. The third-order valence-corrected chi connectivity index (χ3v) is 4.90. The number of benzene rings is 1. The largest absolute Gasteiger partial charge is 0.396 e. The first-order valence-corrected chi connectivity index (χ1v) is 9.19. The van der Waals surface area contributed by atoms with Crippen LogP contribution in [0.3, 0.4) is 0 Å². The van der Waals surface area contributed by atoms with E-state index in [1.807, 2.05) is 0 Å². The summed E-state index contributed by atoms with van der Waals surface area (Å²) >= 11 is 0. The summed E-state index contributed by atoms with van der Waals surface area (Å²) in [6, 6.07) is 6.57. The molecular weight excluding hydrogens is 416 g/mol. The van der Waals surface area contributed by atoms with Gasteiger partial charge in [-0.3, -0.25) is 5.32 Å². The van der Waals surface area contributed by atoms with Crippen molar-refractivity contribution in [3.8, 4) is 11.3 Å². The van der Waals surface area contributed by atoms with Crippen LogP contribution in [0.1, 0.15) is 5.82 Å². The number of alkyl halides is 2. The highest BCUT2D eigenvalue weighted by molar-refractivity contribution is 5.92. The maximum absolute atomic E-state index is 14.5. The lowest BCUT2D eigenvalue weighted by atomic mass is 9.92. The molecule has 11 heteroatoms. The average molecular weight is 432 g/mol. The summed E-state index contributed by atoms with van der Waals surface area (Å²) in [5.74, 6) is -6.64. The van der Waals surface area contributed by atoms with Crippen LogP contribution in [0.4, 0.5) is 33.9 Å². The summed E-state index contributed by atoms with van der Waals surface area (Å²) in [5.41, 5.74) is 6.06. The molecule has 2 aromatic heterocycles. The molecule has 0 radical (unpaired) electrons. The molecule has 0 unspecified atom stereocenters. The Labute approximate surface area is 173 Å². The van der Waals surface area contributed by atoms with E-state index in [0.717, 1.165) is 11.0 Å². The molecule has 3 N–H and O–H groups in total. The maximum atomic E-state index is 14.5. The summed E-state index contributed by atoms with van der Waals surface area (Å²) in [6.07, 6.45) is 2.45. The topological polar surface area (TPSA) is 97.0 Å². The van der Waals surface area contributed by atoms with Crippen molar-refractivity contribution < 1.29 is 22.4 Å². The number of anilines is 2. The Balaban J connectivity index is 1.45. The molecule has 160 valence electrons. The van der Waals surface area contributed by atoms with Crippen LogP contribution in [-0.4, -0.2) is 39.0 Å². The van der Waals surface area contributed by atoms with Crippen molar-refractivity contribution >= 4 is 17.5 Å². The molecule has 1 fully saturated rings. The Bertz CT molecular complexity index is 1120. The third kappa shape index (κ3) is 3.98. The van der Waals surface area contributed by atoms with Gasteiger partial charge in [0, 0.05) is 37.1 Å². The van der Waals surface area contributed by atoms with Gasteiger partial charge in [0.05, 0.1) is 17.3 Å². The van der Waals surface area contributed by atoms with E-state index in [4.69, 9.17) is 5.73 Å². The second-order valence-corrected chi connectivity index (χ2v) is 6.99. The van der Waals surface area contributed by atoms with E-state index < -0.39 is 35.3 Å². The molecule has 1 aliphatic heterocycles. The number of halogens is 4. The van der Waals surface area contributed by atoms with Gasteiger partial charge < -0.3 is 10.6 Å². The van der Waals surface area contributed by atoms with Crippen molar-refractivity contribution in [2.24, 2.45) is 5.92 Å². The van der Waals surface area contributed by atoms with Gasteiger partial charge >= 0.3 is 12.0 Å². The quantitative estimate of drug-likeness (QED) is 0.614. The van der Waals surface area contributed by atoms with Gasteiger partial charge in [-0.1, -0.05) is 0 Å². The maximum Gasteiger partial charge on any atom is 0.323 e. The van der Waals surface area contributed by atoms with Crippen LogP contribution in [0, 0.1) is 17.6 Å². The van der Waals surface area contributed by atoms with Gasteiger partial charge in [-0.25, -0.2) is 28.5 Å². The van der Waals surface area contributed by atoms with Crippen LogP contribution in [0.2, 0.25) is 0 Å². The molecule has 3 aromatic rings. The monoisotopic (exact) mass is 432 g/mol. The van der Waals surface area contributed by atoms with E-state index in [1.165, 1.54) is 36.7 Å². The fourth-order valence-corrected chi connectivity index (χ4v) is 3.13. The number of nitrogens with zero attached hydrogens (tertiary/aromatic N) is 4. The normalized spacial score (nSPS) is 14.3. The predicted octanol–water partition coefficient (Wildman–Crippen LogP) is 3.65. The fraction of sp³-hybridized carbons (Fsp3) is 0.200. The summed E-state index contributed by atoms with van der Waals surface area (Å²) in [5, 5.41) is 2.44. The first-order valence-electron chi connectivity index (χ1n) is 9.19. The van der Waals surface area contributed by atoms with Crippen LogP contribution in [-0.2, 0) is 5.92 Å². The molecule has 4 rings (SSSR count). The van der Waals surface area contributed by atoms with Crippen molar-refractivity contribution in [2.45, 2.75) is 5.92 Å². The van der Waals surface area contributed by atoms with Gasteiger partial charge in [-0.2, -0.15) is 8.78 Å². The Kier molecular flexibility index (Phi) is 5.17. The van der Waals surface area contributed by atoms with Crippen molar-refractivity contribution in [1.29, 1.82) is 0 Å². The van der Waals surface area contributed by atoms with E-state index in [2.05, 4.69) is 20.3 Å². The van der Waals surface area contributed by atoms with E-state index in [0.29, 0.717) is 6.07 Å². The molecule has 1 aliphatic rings. The number of carbonyl (C=O) groups excluding carboxylic acids is 1. The summed E-state index contributed by atoms with van der Waals surface area (Å²) < 4.78 is 56.1. The van der Waals surface area contributed by atoms with E-state index in [1.54, 1.807) is 0 Å². The lowest BCUT2D eigenvalue weighted by Gasteiger charge is -2.42. The van der Waals surface area contributed by atoms with Gasteiger partial charge in [-0.15, -0.1) is 0 Å². The number of nitrogens with two attached hydrogens (primary N) is 1. The third-order valence-electron chi connectivity index (χ3n) is 4.90. The molecule has 0 bridgehead atoms. The minimum Gasteiger partial charge on any atom is -0.396 e. The van der Waals surface area contributed by atoms with Gasteiger partial charge in [0.2, 0.25) is 0 Å². The number of likely N-dealkylation sites (tertiary alicyclic amines) is 1. The standard InChI is InChI=1S/C20H16F4N6O/c21-12-2-3-13(14(22)8-12)16-5-4-15(25)17(28-16)29-19(31)30-9-11(10-30)20(23,24)18-26-6-1-7-27-18/h1-8,11H,9-10,25H2,(H,28,29,31). The lowest BCUT2D eigenvalue weighted by Crippen LogP contribution is -2.57. The zero-order valence-electron chi connectivity index (χ0n) is 15.9. The van der Waals surface area contributed by atoms with E-state index in [9.17, 15) is 22.4 Å². The van der Waals surface area contributed by atoms with Crippen LogP contribution in [0.25, 0.3) is 11.3 Å². The molecule has 0 aliphatic carbocycles. The van der Waals surface area contributed by atoms with Crippen molar-refractivity contribution in [3.05, 3.63) is 66.3 Å². The lowest BCUT2D eigenvalue weighted by molar-refractivity contribution is -0.117. The Hall–Kier alpha value is -3.76. The van der Waals surface area contributed by atoms with Gasteiger partial charge in [0.1, 0.15) is 11.6 Å². The SMILES string of the molecule is Nc1ccc(-c2ccc(F)cc2F)nc1NC(=O)N1CC(C(F)(F)c2ncccn2)C1. The van der Waals surface area contributed by atoms with Gasteiger partial charge in [-0.05, 0) is 30.3 Å². The van der Waals surface area contributed by atoms with Gasteiger partial charge in [0.15, 0.2) is 11.6 Å². The minimum atomic E-state index is -3.28. The second-order valence-electron chi connectivity index (χ2n) is 6.99. The molecule has 0 atom stereocenters. The molecule has 3 heterocycles. The molecule has 1 aromatic carbocycles. The number of nitrogens with one attached hydrogen (secondary N) is 1. The zero-order valence-corrected chi connectivity index (χ0v) is 15.9. The van der Waals surface area contributed by atoms with Crippen LogP contribution < -0.4 is 11.1 Å². The van der Waals surface area contributed by atoms with E-state index in [-0.39, 0.29) is 35.9 Å². The second kappa shape index (κ2) is 7.82. The highest BCUT2D eigenvalue weighted by Gasteiger charge is 2.51. The number of aromatic nitrogens is 3. The molecule has 1 saturated heterocycles. The first kappa shape index (κ1) is 20.5. The number of urea groups is 1. The molecule has 7 nitrogen and oxygen atoms in total. The average Bonchev–Trinajstić information content (AvgIpc) is 2.69. The Morgan fingerprint density at radius 2 is 1.84 bits per heavy atom. The van der Waals surface area contributed by atoms with Crippen LogP contribution in [0.5, 0.6) is 0 Å². The molecule has 0 saturated carbocycles. The number of amides is 2. The first-order chi connectivity index (χ1) is 14.8. The van der Waals surface area contributed by atoms with Gasteiger partial charge in [0.25, 0.3) is 0 Å². The Morgan fingerprint density at radius 3 is 2.52 bits per heavy atom. The summed E-state index contributed by atoms with van der Waals surface area (Å²) in [6.45, 7) is -0.438. The number of hydrogen-bond donors (Lipinski definition) is 2. The molecule has 31 heavy (non-hydrogen) atoms. The van der Waals surface area contributed by atoms with Crippen molar-refractivity contribution in [3.63, 3.8) is 0 Å². The highest BCUT2D eigenvalue weighted by Crippen LogP contribution is 2.39. The zero-order chi connectivity index (χ0) is 22.2. The van der Waals surface area contributed by atoms with Crippen molar-refractivity contribution in [1.82, 2.24) is 19.9 Å². The highest BCUT2D eigenvalue weighted by atomic mass is 19.3. The van der Waals surface area contributed by atoms with Crippen LogP contribution in [0.15, 0.2) is 48.8 Å². The number of pyridine rings is 1. The fourth-order valence-electron chi connectivity index (χ4n) is 3.13. The molecule has 2 amide bonds. The minimum absolute atomic E-state index is 0.0171. The van der Waals surface area contributed by atoms with Crippen molar-refractivity contribution in [2.75, 3.05) is 24.1 Å². The number of rotatable bonds is 4. The Morgan fingerprint density at radius 1 is 1.13 bits per heavy atom. The number of carbonyl (C=O) groups is 1. The molecule has 0 spiro atoms. The van der Waals surface area contributed by atoms with Crippen LogP contribution >= 0.6 is 0 Å². The smallest absolute Gasteiger partial charge is 0.323 e.